The highest BCUT2D eigenvalue weighted by Crippen LogP contribution is 2.37. The third kappa shape index (κ3) is 3.92. The van der Waals surface area contributed by atoms with Crippen LogP contribution in [0.4, 0.5) is 18.9 Å². The highest BCUT2D eigenvalue weighted by Gasteiger charge is 2.31. The highest BCUT2D eigenvalue weighted by atomic mass is 19.4. The standard InChI is InChI=1S/C20H19F3N2O2/c1-2-27-18(26)10-15(12-6-8-13(9-7-12)20(21,22)23)16-11-25-19-14(16)4-3-5-17(19)24/h3-9,11,15,25H,2,10,24H2,1H3. The lowest BCUT2D eigenvalue weighted by Crippen LogP contribution is -2.12. The first kappa shape index (κ1) is 18.8. The topological polar surface area (TPSA) is 68.1 Å². The molecular weight excluding hydrogens is 357 g/mol. The second kappa shape index (κ2) is 7.34. The monoisotopic (exact) mass is 376 g/mol. The van der Waals surface area contributed by atoms with Crippen molar-refractivity contribution in [1.82, 2.24) is 4.98 Å². The molecule has 0 saturated heterocycles. The Balaban J connectivity index is 2.05. The number of para-hydroxylation sites is 1. The molecule has 3 aromatic rings. The average molecular weight is 376 g/mol. The first-order valence-corrected chi connectivity index (χ1v) is 8.49. The number of ether oxygens (including phenoxy) is 1. The van der Waals surface area contributed by atoms with Crippen molar-refractivity contribution in [3.63, 3.8) is 0 Å². The van der Waals surface area contributed by atoms with Crippen LogP contribution in [0.1, 0.15) is 36.0 Å². The van der Waals surface area contributed by atoms with Gasteiger partial charge < -0.3 is 15.5 Å². The molecule has 0 spiro atoms. The van der Waals surface area contributed by atoms with Crippen molar-refractivity contribution in [3.8, 4) is 0 Å². The summed E-state index contributed by atoms with van der Waals surface area (Å²) < 4.78 is 43.6. The summed E-state index contributed by atoms with van der Waals surface area (Å²) in [6, 6.07) is 10.3. The van der Waals surface area contributed by atoms with Gasteiger partial charge in [0, 0.05) is 17.5 Å². The molecule has 0 bridgehead atoms. The molecule has 142 valence electrons. The minimum absolute atomic E-state index is 0.0148. The third-order valence-electron chi connectivity index (χ3n) is 4.47. The smallest absolute Gasteiger partial charge is 0.416 e. The number of nitrogens with two attached hydrogens (primary N) is 1. The van der Waals surface area contributed by atoms with E-state index >= 15 is 0 Å². The Hall–Kier alpha value is -2.96. The molecule has 0 aliphatic heterocycles. The normalized spacial score (nSPS) is 12.9. The maximum absolute atomic E-state index is 12.9. The van der Waals surface area contributed by atoms with E-state index in [-0.39, 0.29) is 13.0 Å². The van der Waals surface area contributed by atoms with Gasteiger partial charge in [-0.15, -0.1) is 0 Å². The van der Waals surface area contributed by atoms with E-state index in [1.54, 1.807) is 25.3 Å². The predicted molar refractivity (Wildman–Crippen MR) is 97.2 cm³/mol. The molecule has 1 unspecified atom stereocenters. The lowest BCUT2D eigenvalue weighted by molar-refractivity contribution is -0.143. The first-order valence-electron chi connectivity index (χ1n) is 8.49. The van der Waals surface area contributed by atoms with E-state index in [1.807, 2.05) is 6.07 Å². The number of aromatic nitrogens is 1. The van der Waals surface area contributed by atoms with Crippen molar-refractivity contribution < 1.29 is 22.7 Å². The number of esters is 1. The molecule has 27 heavy (non-hydrogen) atoms. The van der Waals surface area contributed by atoms with E-state index in [2.05, 4.69) is 4.98 Å². The van der Waals surface area contributed by atoms with Crippen molar-refractivity contribution in [2.24, 2.45) is 0 Å². The summed E-state index contributed by atoms with van der Waals surface area (Å²) in [5, 5.41) is 0.823. The van der Waals surface area contributed by atoms with Gasteiger partial charge in [0.15, 0.2) is 0 Å². The summed E-state index contributed by atoms with van der Waals surface area (Å²) in [7, 11) is 0. The van der Waals surface area contributed by atoms with E-state index in [9.17, 15) is 18.0 Å². The van der Waals surface area contributed by atoms with Crippen LogP contribution in [0.3, 0.4) is 0 Å². The molecule has 0 aliphatic carbocycles. The Morgan fingerprint density at radius 2 is 1.89 bits per heavy atom. The number of nitrogens with one attached hydrogen (secondary N) is 1. The Morgan fingerprint density at radius 1 is 1.19 bits per heavy atom. The van der Waals surface area contributed by atoms with Crippen molar-refractivity contribution in [2.45, 2.75) is 25.4 Å². The minimum atomic E-state index is -4.41. The molecule has 1 aromatic heterocycles. The number of H-pyrrole nitrogens is 1. The van der Waals surface area contributed by atoms with Gasteiger partial charge in [0.2, 0.25) is 0 Å². The van der Waals surface area contributed by atoms with Crippen LogP contribution in [0.25, 0.3) is 10.9 Å². The van der Waals surface area contributed by atoms with Crippen molar-refractivity contribution in [1.29, 1.82) is 0 Å². The number of aromatic amines is 1. The molecule has 1 atom stereocenters. The number of halogens is 3. The molecule has 0 aliphatic rings. The van der Waals surface area contributed by atoms with Gasteiger partial charge in [-0.2, -0.15) is 13.2 Å². The van der Waals surface area contributed by atoms with E-state index in [0.29, 0.717) is 11.3 Å². The van der Waals surface area contributed by atoms with Gasteiger partial charge in [0.05, 0.1) is 29.8 Å². The zero-order valence-corrected chi connectivity index (χ0v) is 14.6. The lowest BCUT2D eigenvalue weighted by Gasteiger charge is -2.17. The largest absolute Gasteiger partial charge is 0.466 e. The number of carbonyl (C=O) groups excluding carboxylic acids is 1. The number of anilines is 1. The van der Waals surface area contributed by atoms with Crippen LogP contribution in [0, 0.1) is 0 Å². The summed E-state index contributed by atoms with van der Waals surface area (Å²) in [4.78, 5) is 15.2. The highest BCUT2D eigenvalue weighted by molar-refractivity contribution is 5.93. The maximum Gasteiger partial charge on any atom is 0.416 e. The van der Waals surface area contributed by atoms with Gasteiger partial charge in [-0.1, -0.05) is 24.3 Å². The summed E-state index contributed by atoms with van der Waals surface area (Å²) in [5.74, 6) is -0.873. The number of nitrogen functional groups attached to an aromatic ring is 1. The second-order valence-corrected chi connectivity index (χ2v) is 6.20. The molecule has 2 aromatic carbocycles. The zero-order chi connectivity index (χ0) is 19.6. The number of fused-ring (bicyclic) bond motifs is 1. The fraction of sp³-hybridized carbons (Fsp3) is 0.250. The number of benzene rings is 2. The van der Waals surface area contributed by atoms with Crippen molar-refractivity contribution in [3.05, 3.63) is 65.4 Å². The lowest BCUT2D eigenvalue weighted by atomic mass is 9.87. The molecule has 0 amide bonds. The van der Waals surface area contributed by atoms with Crippen molar-refractivity contribution >= 4 is 22.6 Å². The fourth-order valence-electron chi connectivity index (χ4n) is 3.19. The number of alkyl halides is 3. The molecular formula is C20H19F3N2O2. The molecule has 0 radical (unpaired) electrons. The number of rotatable bonds is 5. The van der Waals surface area contributed by atoms with Gasteiger partial charge in [0.1, 0.15) is 0 Å². The summed E-state index contributed by atoms with van der Waals surface area (Å²) in [6.45, 7) is 1.94. The van der Waals surface area contributed by atoms with E-state index in [1.165, 1.54) is 12.1 Å². The van der Waals surface area contributed by atoms with Crippen LogP contribution in [-0.2, 0) is 15.7 Å². The summed E-state index contributed by atoms with van der Waals surface area (Å²) >= 11 is 0. The minimum Gasteiger partial charge on any atom is -0.466 e. The third-order valence-corrected chi connectivity index (χ3v) is 4.47. The van der Waals surface area contributed by atoms with E-state index in [4.69, 9.17) is 10.5 Å². The molecule has 3 rings (SSSR count). The fourth-order valence-corrected chi connectivity index (χ4v) is 3.19. The van der Waals surface area contributed by atoms with Crippen molar-refractivity contribution in [2.75, 3.05) is 12.3 Å². The first-order chi connectivity index (χ1) is 12.8. The number of hydrogen-bond donors (Lipinski definition) is 2. The van der Waals surface area contributed by atoms with E-state index in [0.717, 1.165) is 28.6 Å². The van der Waals surface area contributed by atoms with Crippen LogP contribution in [0.2, 0.25) is 0 Å². The van der Waals surface area contributed by atoms with Crippen LogP contribution in [-0.4, -0.2) is 17.6 Å². The second-order valence-electron chi connectivity index (χ2n) is 6.20. The Morgan fingerprint density at radius 3 is 2.52 bits per heavy atom. The predicted octanol–water partition coefficient (Wildman–Crippen LogP) is 4.85. The van der Waals surface area contributed by atoms with Gasteiger partial charge in [-0.25, -0.2) is 0 Å². The Kier molecular flexibility index (Phi) is 5.12. The molecule has 1 heterocycles. The quantitative estimate of drug-likeness (QED) is 0.494. The van der Waals surface area contributed by atoms with Crippen LogP contribution in [0.5, 0.6) is 0 Å². The number of hydrogen-bond acceptors (Lipinski definition) is 3. The Bertz CT molecular complexity index is 946. The van der Waals surface area contributed by atoms with E-state index < -0.39 is 23.6 Å². The number of carbonyl (C=O) groups is 1. The van der Waals surface area contributed by atoms with Crippen LogP contribution < -0.4 is 5.73 Å². The summed E-state index contributed by atoms with van der Waals surface area (Å²) in [5.41, 5.74) is 7.91. The van der Waals surface area contributed by atoms with Crippen LogP contribution in [0.15, 0.2) is 48.7 Å². The van der Waals surface area contributed by atoms with Gasteiger partial charge >= 0.3 is 12.1 Å². The molecule has 4 nitrogen and oxygen atoms in total. The summed E-state index contributed by atoms with van der Waals surface area (Å²) in [6.07, 6.45) is -2.66. The Labute approximate surface area is 154 Å². The SMILES string of the molecule is CCOC(=O)CC(c1ccc(C(F)(F)F)cc1)c1c[nH]c2c(N)cccc12. The molecule has 0 fully saturated rings. The van der Waals surface area contributed by atoms with Gasteiger partial charge in [-0.05, 0) is 36.2 Å². The maximum atomic E-state index is 12.9. The molecule has 0 saturated carbocycles. The van der Waals surface area contributed by atoms with Gasteiger partial charge in [-0.3, -0.25) is 4.79 Å². The molecule has 3 N–H and O–H groups in total. The van der Waals surface area contributed by atoms with Gasteiger partial charge in [0.25, 0.3) is 0 Å². The average Bonchev–Trinajstić information content (AvgIpc) is 3.05. The van der Waals surface area contributed by atoms with Crippen LogP contribution >= 0.6 is 0 Å². The molecule has 7 heteroatoms. The zero-order valence-electron chi connectivity index (χ0n) is 14.6.